The SMILES string of the molecule is C[C@H](CC(=N)CC(c1cccc(C(F)(F)F)c1)C1(O)CCCCC1)N(C)C.Cl.Cl. The van der Waals surface area contributed by atoms with Crippen molar-refractivity contribution in [2.45, 2.75) is 75.6 Å². The highest BCUT2D eigenvalue weighted by Crippen LogP contribution is 2.43. The van der Waals surface area contributed by atoms with Crippen molar-refractivity contribution in [3.63, 3.8) is 0 Å². The Hall–Kier alpha value is -0.820. The molecule has 2 atom stereocenters. The Morgan fingerprint density at radius 2 is 1.72 bits per heavy atom. The fraction of sp³-hybridized carbons (Fsp3) is 0.667. The standard InChI is InChI=1S/C21H31F3N2O.2ClH/c1-15(26(2)3)12-18(25)14-19(20(27)10-5-4-6-11-20)16-8-7-9-17(13-16)21(22,23)24;;/h7-9,13,15,19,25,27H,4-6,10-12,14H2,1-3H3;2*1H/t15-,19?;;/m1../s1. The van der Waals surface area contributed by atoms with Crippen molar-refractivity contribution >= 4 is 30.5 Å². The predicted octanol–water partition coefficient (Wildman–Crippen LogP) is 6.08. The molecule has 3 nitrogen and oxygen atoms in total. The zero-order valence-electron chi connectivity index (χ0n) is 17.3. The number of halogens is 5. The van der Waals surface area contributed by atoms with Crippen LogP contribution in [0.4, 0.5) is 13.2 Å². The van der Waals surface area contributed by atoms with Crippen molar-refractivity contribution in [3.8, 4) is 0 Å². The summed E-state index contributed by atoms with van der Waals surface area (Å²) in [5.41, 5.74) is -0.789. The smallest absolute Gasteiger partial charge is 0.389 e. The van der Waals surface area contributed by atoms with E-state index in [4.69, 9.17) is 5.41 Å². The van der Waals surface area contributed by atoms with Crippen LogP contribution in [-0.2, 0) is 6.18 Å². The van der Waals surface area contributed by atoms with Gasteiger partial charge in [0, 0.05) is 24.1 Å². The molecule has 1 aromatic carbocycles. The molecule has 0 bridgehead atoms. The molecule has 2 rings (SSSR count). The summed E-state index contributed by atoms with van der Waals surface area (Å²) >= 11 is 0. The van der Waals surface area contributed by atoms with Gasteiger partial charge in [-0.05, 0) is 51.9 Å². The van der Waals surface area contributed by atoms with Crippen molar-refractivity contribution in [1.29, 1.82) is 5.41 Å². The number of nitrogens with zero attached hydrogens (tertiary/aromatic N) is 1. The van der Waals surface area contributed by atoms with Crippen LogP contribution < -0.4 is 0 Å². The van der Waals surface area contributed by atoms with Crippen LogP contribution in [-0.4, -0.2) is 41.5 Å². The molecular weight excluding hydrogens is 424 g/mol. The number of nitrogens with one attached hydrogen (secondary N) is 1. The van der Waals surface area contributed by atoms with Gasteiger partial charge in [-0.1, -0.05) is 37.5 Å². The summed E-state index contributed by atoms with van der Waals surface area (Å²) < 4.78 is 39.5. The topological polar surface area (TPSA) is 47.3 Å². The Labute approximate surface area is 184 Å². The van der Waals surface area contributed by atoms with E-state index in [0.717, 1.165) is 31.4 Å². The minimum atomic E-state index is -4.41. The third-order valence-corrected chi connectivity index (χ3v) is 5.86. The van der Waals surface area contributed by atoms with Gasteiger partial charge >= 0.3 is 6.18 Å². The van der Waals surface area contributed by atoms with Gasteiger partial charge in [-0.3, -0.25) is 0 Å². The van der Waals surface area contributed by atoms with Crippen LogP contribution in [0.15, 0.2) is 24.3 Å². The summed E-state index contributed by atoms with van der Waals surface area (Å²) in [6.45, 7) is 2.02. The third kappa shape index (κ3) is 7.74. The molecule has 1 unspecified atom stereocenters. The second kappa shape index (κ2) is 11.5. The van der Waals surface area contributed by atoms with E-state index in [-0.39, 0.29) is 37.3 Å². The first-order valence-electron chi connectivity index (χ1n) is 9.65. The van der Waals surface area contributed by atoms with Gasteiger partial charge in [0.25, 0.3) is 0 Å². The van der Waals surface area contributed by atoms with Crippen LogP contribution in [0, 0.1) is 5.41 Å². The molecule has 29 heavy (non-hydrogen) atoms. The lowest BCUT2D eigenvalue weighted by molar-refractivity contribution is -0.137. The second-order valence-electron chi connectivity index (χ2n) is 8.16. The fourth-order valence-electron chi connectivity index (χ4n) is 3.93. The molecule has 1 aliphatic carbocycles. The van der Waals surface area contributed by atoms with E-state index in [9.17, 15) is 18.3 Å². The molecule has 1 saturated carbocycles. The normalized spacial score (nSPS) is 18.3. The molecule has 1 aromatic rings. The van der Waals surface area contributed by atoms with Crippen molar-refractivity contribution < 1.29 is 18.3 Å². The summed E-state index contributed by atoms with van der Waals surface area (Å²) in [7, 11) is 3.88. The average molecular weight is 457 g/mol. The lowest BCUT2D eigenvalue weighted by Crippen LogP contribution is -2.40. The Morgan fingerprint density at radius 3 is 2.24 bits per heavy atom. The van der Waals surface area contributed by atoms with E-state index in [0.29, 0.717) is 30.5 Å². The number of hydrogen-bond donors (Lipinski definition) is 2. The van der Waals surface area contributed by atoms with Gasteiger partial charge in [0.2, 0.25) is 0 Å². The molecule has 168 valence electrons. The predicted molar refractivity (Wildman–Crippen MR) is 117 cm³/mol. The first-order valence-corrected chi connectivity index (χ1v) is 9.65. The number of alkyl halides is 3. The monoisotopic (exact) mass is 456 g/mol. The third-order valence-electron chi connectivity index (χ3n) is 5.86. The first-order chi connectivity index (χ1) is 12.5. The van der Waals surface area contributed by atoms with Gasteiger partial charge in [-0.25, -0.2) is 0 Å². The number of benzene rings is 1. The van der Waals surface area contributed by atoms with E-state index >= 15 is 0 Å². The highest BCUT2D eigenvalue weighted by Gasteiger charge is 2.40. The molecule has 0 radical (unpaired) electrons. The molecule has 8 heteroatoms. The van der Waals surface area contributed by atoms with Crippen LogP contribution in [0.3, 0.4) is 0 Å². The number of aliphatic hydroxyl groups is 1. The molecule has 1 fully saturated rings. The van der Waals surface area contributed by atoms with Crippen LogP contribution in [0.2, 0.25) is 0 Å². The summed E-state index contributed by atoms with van der Waals surface area (Å²) in [6.07, 6.45) is 0.333. The summed E-state index contributed by atoms with van der Waals surface area (Å²) in [5.74, 6) is -0.484. The van der Waals surface area contributed by atoms with Crippen LogP contribution in [0.25, 0.3) is 0 Å². The van der Waals surface area contributed by atoms with Gasteiger partial charge in [0.05, 0.1) is 11.2 Å². The van der Waals surface area contributed by atoms with E-state index in [1.807, 2.05) is 25.9 Å². The van der Waals surface area contributed by atoms with E-state index in [1.54, 1.807) is 6.07 Å². The Kier molecular flexibility index (Phi) is 11.2. The van der Waals surface area contributed by atoms with Gasteiger partial charge in [0.1, 0.15) is 0 Å². The van der Waals surface area contributed by atoms with Gasteiger partial charge in [0.15, 0.2) is 0 Å². The van der Waals surface area contributed by atoms with E-state index < -0.39 is 23.3 Å². The molecular formula is C21H33Cl2F3N2O. The molecule has 0 aromatic heterocycles. The molecule has 0 amide bonds. The quantitative estimate of drug-likeness (QED) is 0.488. The van der Waals surface area contributed by atoms with Crippen LogP contribution in [0.1, 0.15) is 68.9 Å². The van der Waals surface area contributed by atoms with Gasteiger partial charge in [-0.2, -0.15) is 13.2 Å². The first kappa shape index (κ1) is 28.2. The molecule has 1 aliphatic rings. The van der Waals surface area contributed by atoms with Crippen LogP contribution in [0.5, 0.6) is 0 Å². The molecule has 2 N–H and O–H groups in total. The Morgan fingerprint density at radius 1 is 1.14 bits per heavy atom. The Bertz CT molecular complexity index is 647. The largest absolute Gasteiger partial charge is 0.416 e. The highest BCUT2D eigenvalue weighted by molar-refractivity contribution is 5.85. The maximum Gasteiger partial charge on any atom is 0.416 e. The maximum atomic E-state index is 13.2. The summed E-state index contributed by atoms with van der Waals surface area (Å²) in [6, 6.07) is 5.45. The van der Waals surface area contributed by atoms with Crippen molar-refractivity contribution in [1.82, 2.24) is 4.90 Å². The van der Waals surface area contributed by atoms with Crippen molar-refractivity contribution in [2.24, 2.45) is 0 Å². The number of hydrogen-bond acceptors (Lipinski definition) is 3. The lowest BCUT2D eigenvalue weighted by atomic mass is 9.70. The Balaban J connectivity index is 0.00000392. The van der Waals surface area contributed by atoms with Gasteiger partial charge in [-0.15, -0.1) is 24.8 Å². The maximum absolute atomic E-state index is 13.2. The molecule has 0 spiro atoms. The average Bonchev–Trinajstić information content (AvgIpc) is 2.59. The van der Waals surface area contributed by atoms with E-state index in [1.165, 1.54) is 6.07 Å². The summed E-state index contributed by atoms with van der Waals surface area (Å²) in [4.78, 5) is 2.02. The van der Waals surface area contributed by atoms with Crippen molar-refractivity contribution in [3.05, 3.63) is 35.4 Å². The second-order valence-corrected chi connectivity index (χ2v) is 8.16. The highest BCUT2D eigenvalue weighted by atomic mass is 35.5. The van der Waals surface area contributed by atoms with Crippen LogP contribution >= 0.6 is 24.8 Å². The minimum absolute atomic E-state index is 0. The number of rotatable bonds is 7. The molecule has 0 heterocycles. The van der Waals surface area contributed by atoms with Crippen molar-refractivity contribution in [2.75, 3.05) is 14.1 Å². The summed E-state index contributed by atoms with van der Waals surface area (Å²) in [5, 5.41) is 19.7. The molecule has 0 aliphatic heterocycles. The lowest BCUT2D eigenvalue weighted by Gasteiger charge is -2.40. The zero-order chi connectivity index (χ0) is 20.2. The minimum Gasteiger partial charge on any atom is -0.389 e. The molecule has 0 saturated heterocycles. The van der Waals surface area contributed by atoms with E-state index in [2.05, 4.69) is 0 Å². The van der Waals surface area contributed by atoms with Gasteiger partial charge < -0.3 is 15.4 Å². The zero-order valence-corrected chi connectivity index (χ0v) is 18.9. The fourth-order valence-corrected chi connectivity index (χ4v) is 3.93.